The van der Waals surface area contributed by atoms with Crippen LogP contribution in [0.2, 0.25) is 0 Å². The molecule has 3 aliphatic rings. The van der Waals surface area contributed by atoms with Gasteiger partial charge in [0.1, 0.15) is 11.6 Å². The van der Waals surface area contributed by atoms with Gasteiger partial charge in [-0.15, -0.1) is 10.2 Å². The Bertz CT molecular complexity index is 748. The predicted octanol–water partition coefficient (Wildman–Crippen LogP) is 2.59. The third kappa shape index (κ3) is 5.20. The van der Waals surface area contributed by atoms with Gasteiger partial charge in [-0.1, -0.05) is 26.2 Å². The van der Waals surface area contributed by atoms with Crippen LogP contribution in [0.4, 0.5) is 4.79 Å². The Morgan fingerprint density at radius 1 is 1.00 bits per heavy atom. The van der Waals surface area contributed by atoms with E-state index in [4.69, 9.17) is 0 Å². The normalized spacial score (nSPS) is 27.7. The minimum Gasteiger partial charge on any atom is -0.335 e. The van der Waals surface area contributed by atoms with Gasteiger partial charge in [0, 0.05) is 31.5 Å². The first kappa shape index (κ1) is 21.3. The number of hydrogen-bond donors (Lipinski definition) is 2. The smallest absolute Gasteiger partial charge is 0.321 e. The number of aromatic nitrogens is 3. The number of imide groups is 1. The molecule has 0 bridgehead atoms. The van der Waals surface area contributed by atoms with Crippen LogP contribution in [0.3, 0.4) is 0 Å². The van der Waals surface area contributed by atoms with Gasteiger partial charge in [0.25, 0.3) is 0 Å². The van der Waals surface area contributed by atoms with E-state index in [9.17, 15) is 9.59 Å². The second kappa shape index (κ2) is 9.90. The number of amides is 3. The Morgan fingerprint density at radius 3 is 2.73 bits per heavy atom. The summed E-state index contributed by atoms with van der Waals surface area (Å²) in [5.41, 5.74) is 0. The van der Waals surface area contributed by atoms with E-state index >= 15 is 0 Å². The maximum atomic E-state index is 12.5. The van der Waals surface area contributed by atoms with Crippen molar-refractivity contribution in [1.29, 1.82) is 0 Å². The summed E-state index contributed by atoms with van der Waals surface area (Å²) in [5.74, 6) is 2.76. The molecule has 30 heavy (non-hydrogen) atoms. The molecule has 0 radical (unpaired) electrons. The Labute approximate surface area is 179 Å². The molecule has 1 saturated heterocycles. The van der Waals surface area contributed by atoms with E-state index in [1.165, 1.54) is 25.7 Å². The molecular formula is C22H36N6O2. The van der Waals surface area contributed by atoms with E-state index in [0.29, 0.717) is 11.8 Å². The van der Waals surface area contributed by atoms with Crippen molar-refractivity contribution >= 4 is 11.9 Å². The largest absolute Gasteiger partial charge is 0.335 e. The molecule has 0 aromatic carbocycles. The molecule has 1 aromatic rings. The summed E-state index contributed by atoms with van der Waals surface area (Å²) in [5, 5.41) is 14.5. The van der Waals surface area contributed by atoms with Gasteiger partial charge in [0.05, 0.1) is 6.54 Å². The molecule has 3 amide bonds. The molecule has 4 rings (SSSR count). The lowest BCUT2D eigenvalue weighted by Gasteiger charge is -2.32. The number of carbonyl (C=O) groups excluding carboxylic acids is 2. The molecule has 8 nitrogen and oxygen atoms in total. The number of carbonyl (C=O) groups is 2. The highest BCUT2D eigenvalue weighted by Crippen LogP contribution is 2.28. The first-order valence-electron chi connectivity index (χ1n) is 11.8. The van der Waals surface area contributed by atoms with E-state index in [2.05, 4.69) is 37.2 Å². The van der Waals surface area contributed by atoms with Gasteiger partial charge >= 0.3 is 6.03 Å². The molecule has 8 heteroatoms. The van der Waals surface area contributed by atoms with Crippen LogP contribution in [0.25, 0.3) is 0 Å². The van der Waals surface area contributed by atoms with Gasteiger partial charge in [0.15, 0.2) is 0 Å². The van der Waals surface area contributed by atoms with Crippen LogP contribution in [0, 0.1) is 5.92 Å². The van der Waals surface area contributed by atoms with Gasteiger partial charge in [-0.2, -0.15) is 0 Å². The van der Waals surface area contributed by atoms with E-state index in [1.54, 1.807) is 0 Å². The fraction of sp³-hybridized carbons (Fsp3) is 0.818. The molecule has 2 fully saturated rings. The summed E-state index contributed by atoms with van der Waals surface area (Å²) in [4.78, 5) is 26.9. The van der Waals surface area contributed by atoms with Crippen molar-refractivity contribution in [2.75, 3.05) is 19.6 Å². The van der Waals surface area contributed by atoms with Crippen LogP contribution >= 0.6 is 0 Å². The number of rotatable bonds is 4. The Balaban J connectivity index is 1.28. The van der Waals surface area contributed by atoms with Crippen molar-refractivity contribution in [1.82, 2.24) is 30.3 Å². The summed E-state index contributed by atoms with van der Waals surface area (Å²) in [7, 11) is 0. The highest BCUT2D eigenvalue weighted by molar-refractivity contribution is 5.95. The van der Waals surface area contributed by atoms with Crippen LogP contribution < -0.4 is 10.6 Å². The number of hydrogen-bond acceptors (Lipinski definition) is 5. The quantitative estimate of drug-likeness (QED) is 0.787. The molecule has 0 spiro atoms. The average molecular weight is 417 g/mol. The molecule has 166 valence electrons. The number of fused-ring (bicyclic) bond motifs is 1. The molecule has 3 unspecified atom stereocenters. The zero-order chi connectivity index (χ0) is 20.9. The highest BCUT2D eigenvalue weighted by Gasteiger charge is 2.29. The molecule has 3 atom stereocenters. The maximum Gasteiger partial charge on any atom is 0.321 e. The Kier molecular flexibility index (Phi) is 7.02. The van der Waals surface area contributed by atoms with Crippen molar-refractivity contribution < 1.29 is 9.59 Å². The first-order valence-corrected chi connectivity index (χ1v) is 11.8. The average Bonchev–Trinajstić information content (AvgIpc) is 2.98. The molecule has 2 N–H and O–H groups in total. The lowest BCUT2D eigenvalue weighted by atomic mass is 9.86. The second-order valence-electron chi connectivity index (χ2n) is 9.40. The molecule has 2 aliphatic heterocycles. The standard InChI is InChI=1S/C22H36N6O2/c1-16-8-4-5-10-18(16)23-22(30)24-20(29)15-27-12-7-9-17(14-27)21-26-25-19-11-3-2-6-13-28(19)21/h16-18H,2-15H2,1H3,(H2,23,24,29,30). The fourth-order valence-electron chi connectivity index (χ4n) is 5.32. The number of nitrogens with one attached hydrogen (secondary N) is 2. The van der Waals surface area contributed by atoms with E-state index in [0.717, 1.165) is 69.8 Å². The van der Waals surface area contributed by atoms with Crippen LogP contribution in [0.15, 0.2) is 0 Å². The van der Waals surface area contributed by atoms with Gasteiger partial charge in [-0.3, -0.25) is 15.0 Å². The minimum absolute atomic E-state index is 0.175. The van der Waals surface area contributed by atoms with Crippen molar-refractivity contribution in [2.45, 2.75) is 89.6 Å². The molecule has 1 saturated carbocycles. The zero-order valence-corrected chi connectivity index (χ0v) is 18.2. The number of likely N-dealkylation sites (tertiary alicyclic amines) is 1. The third-order valence-corrected chi connectivity index (χ3v) is 7.06. The summed E-state index contributed by atoms with van der Waals surface area (Å²) < 4.78 is 2.32. The Morgan fingerprint density at radius 2 is 1.87 bits per heavy atom. The van der Waals surface area contributed by atoms with Crippen LogP contribution in [0.1, 0.15) is 82.3 Å². The van der Waals surface area contributed by atoms with Gasteiger partial charge in [-0.05, 0) is 51.0 Å². The van der Waals surface area contributed by atoms with Crippen molar-refractivity contribution in [3.05, 3.63) is 11.6 Å². The summed E-state index contributed by atoms with van der Waals surface area (Å²) in [6, 6.07) is -0.177. The number of urea groups is 1. The van der Waals surface area contributed by atoms with Crippen LogP contribution in [-0.2, 0) is 17.8 Å². The van der Waals surface area contributed by atoms with Crippen LogP contribution in [0.5, 0.6) is 0 Å². The fourth-order valence-corrected chi connectivity index (χ4v) is 5.32. The summed E-state index contributed by atoms with van der Waals surface area (Å²) in [6.45, 7) is 5.11. The lowest BCUT2D eigenvalue weighted by molar-refractivity contribution is -0.121. The number of nitrogens with zero attached hydrogens (tertiary/aromatic N) is 4. The monoisotopic (exact) mass is 416 g/mol. The number of piperidine rings is 1. The molecule has 1 aliphatic carbocycles. The topological polar surface area (TPSA) is 92.2 Å². The maximum absolute atomic E-state index is 12.5. The van der Waals surface area contributed by atoms with Crippen LogP contribution in [-0.4, -0.2) is 57.3 Å². The molecule has 3 heterocycles. The third-order valence-electron chi connectivity index (χ3n) is 7.06. The van der Waals surface area contributed by atoms with E-state index in [1.807, 2.05) is 0 Å². The molecule has 1 aromatic heterocycles. The lowest BCUT2D eigenvalue weighted by Crippen LogP contribution is -2.50. The molecular weight excluding hydrogens is 380 g/mol. The first-order chi connectivity index (χ1) is 14.6. The van der Waals surface area contributed by atoms with Crippen molar-refractivity contribution in [3.8, 4) is 0 Å². The van der Waals surface area contributed by atoms with E-state index < -0.39 is 0 Å². The van der Waals surface area contributed by atoms with Gasteiger partial charge in [-0.25, -0.2) is 4.79 Å². The van der Waals surface area contributed by atoms with Crippen molar-refractivity contribution in [2.24, 2.45) is 5.92 Å². The van der Waals surface area contributed by atoms with E-state index in [-0.39, 0.29) is 24.5 Å². The minimum atomic E-state index is -0.352. The Hall–Kier alpha value is -1.96. The van der Waals surface area contributed by atoms with Gasteiger partial charge < -0.3 is 9.88 Å². The number of aryl methyl sites for hydroxylation is 1. The van der Waals surface area contributed by atoms with Gasteiger partial charge in [0.2, 0.25) is 5.91 Å². The summed E-state index contributed by atoms with van der Waals surface area (Å²) in [6.07, 6.45) is 11.3. The predicted molar refractivity (Wildman–Crippen MR) is 114 cm³/mol. The SMILES string of the molecule is CC1CCCCC1NC(=O)NC(=O)CN1CCCC(c2nnc3n2CCCCC3)C1. The summed E-state index contributed by atoms with van der Waals surface area (Å²) >= 11 is 0. The zero-order valence-electron chi connectivity index (χ0n) is 18.2. The second-order valence-corrected chi connectivity index (χ2v) is 9.40. The highest BCUT2D eigenvalue weighted by atomic mass is 16.2. The van der Waals surface area contributed by atoms with Crippen molar-refractivity contribution in [3.63, 3.8) is 0 Å².